The van der Waals surface area contributed by atoms with Crippen LogP contribution in [0.25, 0.3) is 0 Å². The van der Waals surface area contributed by atoms with Gasteiger partial charge in [0.05, 0.1) is 6.10 Å². The lowest BCUT2D eigenvalue weighted by atomic mass is 9.61. The van der Waals surface area contributed by atoms with E-state index in [1.165, 1.54) is 7.11 Å². The molecule has 0 bridgehead atoms. The van der Waals surface area contributed by atoms with E-state index in [-0.39, 0.29) is 41.7 Å². The molecule has 3 aliphatic rings. The lowest BCUT2D eigenvalue weighted by molar-refractivity contribution is -0.199. The molecule has 0 aromatic carbocycles. The maximum Gasteiger partial charge on any atom is 0.262 e. The van der Waals surface area contributed by atoms with E-state index in [4.69, 9.17) is 4.74 Å². The number of carbonyl (C=O) groups is 1. The molecule has 1 aromatic heterocycles. The first-order valence-electron chi connectivity index (χ1n) is 11.9. The van der Waals surface area contributed by atoms with Crippen LogP contribution in [-0.2, 0) is 10.3 Å². The highest BCUT2D eigenvalue weighted by molar-refractivity contribution is 6.00. The Kier molecular flexibility index (Phi) is 6.57. The number of aromatic nitrogens is 1. The van der Waals surface area contributed by atoms with Crippen LogP contribution in [0.15, 0.2) is 23.1 Å². The molecule has 182 valence electrons. The first kappa shape index (κ1) is 24.1. The standard InChI is InChI=1S/C25H35NO7/c1-12-4-7-15-14(10-12)6-5-13(2)18(15)21(29)19-20(28)16(11-26-24(19)31)25(32)9-8-17(27)22(33-3)23(25)30/h5-6,11-15,17-18,22-23,27,30,32H,4,7-10H2,1-3H3,(H2,26,28,31). The Morgan fingerprint density at radius 1 is 1.18 bits per heavy atom. The maximum absolute atomic E-state index is 13.8. The number of nitrogens with one attached hydrogen (secondary N) is 1. The number of ketones is 1. The Hall–Kier alpha value is -2.00. The van der Waals surface area contributed by atoms with E-state index in [9.17, 15) is 30.0 Å². The number of aliphatic hydroxyl groups is 3. The number of aromatic hydroxyl groups is 1. The topological polar surface area (TPSA) is 140 Å². The summed E-state index contributed by atoms with van der Waals surface area (Å²) in [6.07, 6.45) is 4.64. The second kappa shape index (κ2) is 8.98. The highest BCUT2D eigenvalue weighted by atomic mass is 16.5. The van der Waals surface area contributed by atoms with Crippen LogP contribution >= 0.6 is 0 Å². The first-order chi connectivity index (χ1) is 15.6. The molecule has 33 heavy (non-hydrogen) atoms. The maximum atomic E-state index is 13.8. The fourth-order valence-electron chi connectivity index (χ4n) is 6.36. The number of carbonyl (C=O) groups excluding carboxylic acids is 1. The number of aliphatic hydroxyl groups excluding tert-OH is 2. The van der Waals surface area contributed by atoms with Crippen molar-refractivity contribution in [3.63, 3.8) is 0 Å². The van der Waals surface area contributed by atoms with Crippen LogP contribution in [0.4, 0.5) is 0 Å². The third-order valence-corrected chi connectivity index (χ3v) is 8.26. The summed E-state index contributed by atoms with van der Waals surface area (Å²) >= 11 is 0. The first-order valence-corrected chi connectivity index (χ1v) is 11.9. The average Bonchev–Trinajstić information content (AvgIpc) is 2.77. The molecule has 1 heterocycles. The Morgan fingerprint density at radius 3 is 2.61 bits per heavy atom. The number of ether oxygens (including phenoxy) is 1. The number of hydrogen-bond donors (Lipinski definition) is 5. The number of hydrogen-bond acceptors (Lipinski definition) is 7. The van der Waals surface area contributed by atoms with Crippen molar-refractivity contribution in [2.45, 2.75) is 69.9 Å². The Morgan fingerprint density at radius 2 is 1.91 bits per heavy atom. The van der Waals surface area contributed by atoms with Gasteiger partial charge in [0, 0.05) is 24.8 Å². The molecule has 5 N–H and O–H groups in total. The zero-order chi connectivity index (χ0) is 24.1. The minimum absolute atomic E-state index is 0.0758. The number of Topliss-reactive ketones (excluding diaryl/α,β-unsaturated/α-hetero) is 1. The van der Waals surface area contributed by atoms with E-state index in [1.807, 2.05) is 13.0 Å². The summed E-state index contributed by atoms with van der Waals surface area (Å²) in [6, 6.07) is 0. The summed E-state index contributed by atoms with van der Waals surface area (Å²) < 4.78 is 5.16. The van der Waals surface area contributed by atoms with Gasteiger partial charge in [0.15, 0.2) is 5.78 Å². The van der Waals surface area contributed by atoms with Gasteiger partial charge in [0.25, 0.3) is 5.56 Å². The number of H-pyrrole nitrogens is 1. The molecule has 0 aliphatic heterocycles. The smallest absolute Gasteiger partial charge is 0.262 e. The molecule has 8 heteroatoms. The fraction of sp³-hybridized carbons (Fsp3) is 0.680. The predicted octanol–water partition coefficient (Wildman–Crippen LogP) is 1.86. The van der Waals surface area contributed by atoms with Crippen molar-refractivity contribution in [1.29, 1.82) is 0 Å². The average molecular weight is 462 g/mol. The largest absolute Gasteiger partial charge is 0.507 e. The van der Waals surface area contributed by atoms with E-state index >= 15 is 0 Å². The van der Waals surface area contributed by atoms with Crippen LogP contribution in [0.5, 0.6) is 5.75 Å². The molecule has 2 fully saturated rings. The molecule has 0 radical (unpaired) electrons. The summed E-state index contributed by atoms with van der Waals surface area (Å²) in [7, 11) is 1.31. The van der Waals surface area contributed by atoms with E-state index in [0.29, 0.717) is 5.92 Å². The van der Waals surface area contributed by atoms with Crippen LogP contribution < -0.4 is 5.56 Å². The quantitative estimate of drug-likeness (QED) is 0.340. The van der Waals surface area contributed by atoms with Crippen LogP contribution in [0, 0.1) is 29.6 Å². The zero-order valence-corrected chi connectivity index (χ0v) is 19.4. The highest BCUT2D eigenvalue weighted by Gasteiger charge is 2.51. The van der Waals surface area contributed by atoms with Gasteiger partial charge in [0.1, 0.15) is 29.1 Å². The third kappa shape index (κ3) is 3.97. The summed E-state index contributed by atoms with van der Waals surface area (Å²) in [5.74, 6) is -0.663. The number of methoxy groups -OCH3 is 1. The molecular formula is C25H35NO7. The van der Waals surface area contributed by atoms with Gasteiger partial charge in [0.2, 0.25) is 0 Å². The number of aromatic amines is 1. The van der Waals surface area contributed by atoms with E-state index in [0.717, 1.165) is 25.5 Å². The predicted molar refractivity (Wildman–Crippen MR) is 121 cm³/mol. The second-order valence-corrected chi connectivity index (χ2v) is 10.3. The molecule has 8 nitrogen and oxygen atoms in total. The summed E-state index contributed by atoms with van der Waals surface area (Å²) in [6.45, 7) is 4.16. The lowest BCUT2D eigenvalue weighted by Gasteiger charge is -2.44. The van der Waals surface area contributed by atoms with Crippen molar-refractivity contribution < 1.29 is 30.0 Å². The molecular weight excluding hydrogens is 426 g/mol. The van der Waals surface area contributed by atoms with Gasteiger partial charge in [-0.2, -0.15) is 0 Å². The number of allylic oxidation sites excluding steroid dienone is 2. The van der Waals surface area contributed by atoms with Crippen molar-refractivity contribution in [3.05, 3.63) is 39.8 Å². The van der Waals surface area contributed by atoms with Gasteiger partial charge >= 0.3 is 0 Å². The van der Waals surface area contributed by atoms with Gasteiger partial charge in [-0.3, -0.25) is 9.59 Å². The van der Waals surface area contributed by atoms with Crippen molar-refractivity contribution >= 4 is 5.78 Å². The molecule has 4 rings (SSSR count). The molecule has 0 saturated heterocycles. The van der Waals surface area contributed by atoms with Gasteiger partial charge < -0.3 is 30.1 Å². The van der Waals surface area contributed by atoms with E-state index in [1.54, 1.807) is 0 Å². The van der Waals surface area contributed by atoms with Crippen molar-refractivity contribution in [2.24, 2.45) is 29.6 Å². The third-order valence-electron chi connectivity index (χ3n) is 8.26. The number of fused-ring (bicyclic) bond motifs is 1. The summed E-state index contributed by atoms with van der Waals surface area (Å²) in [4.78, 5) is 29.0. The second-order valence-electron chi connectivity index (χ2n) is 10.3. The van der Waals surface area contributed by atoms with Crippen molar-refractivity contribution in [1.82, 2.24) is 4.98 Å². The Balaban J connectivity index is 1.74. The molecule has 0 spiro atoms. The Bertz CT molecular complexity index is 987. The highest BCUT2D eigenvalue weighted by Crippen LogP contribution is 2.47. The van der Waals surface area contributed by atoms with Crippen LogP contribution in [-0.4, -0.2) is 56.6 Å². The monoisotopic (exact) mass is 461 g/mol. The van der Waals surface area contributed by atoms with Crippen molar-refractivity contribution in [3.8, 4) is 5.75 Å². The van der Waals surface area contributed by atoms with Crippen LogP contribution in [0.1, 0.15) is 61.9 Å². The number of pyridine rings is 1. The summed E-state index contributed by atoms with van der Waals surface area (Å²) in [5.41, 5.74) is -3.23. The molecule has 3 aliphatic carbocycles. The minimum atomic E-state index is -2.00. The van der Waals surface area contributed by atoms with Gasteiger partial charge in [-0.05, 0) is 49.4 Å². The van der Waals surface area contributed by atoms with Gasteiger partial charge in [-0.25, -0.2) is 0 Å². The SMILES string of the molecule is COC1C(O)CCC(O)(c2c[nH]c(=O)c(C(=O)C3C(C)C=CC4CC(C)CCC43)c2O)C1O. The van der Waals surface area contributed by atoms with Crippen molar-refractivity contribution in [2.75, 3.05) is 7.11 Å². The molecule has 9 unspecified atom stereocenters. The molecule has 0 amide bonds. The zero-order valence-electron chi connectivity index (χ0n) is 19.4. The number of rotatable bonds is 4. The molecule has 2 saturated carbocycles. The Labute approximate surface area is 193 Å². The lowest BCUT2D eigenvalue weighted by Crippen LogP contribution is -2.56. The molecule has 9 atom stereocenters. The van der Waals surface area contributed by atoms with Crippen LogP contribution in [0.2, 0.25) is 0 Å². The fourth-order valence-corrected chi connectivity index (χ4v) is 6.36. The normalized spacial score (nSPS) is 40.9. The van der Waals surface area contributed by atoms with E-state index < -0.39 is 46.9 Å². The van der Waals surface area contributed by atoms with Gasteiger partial charge in [-0.1, -0.05) is 32.4 Å². The molecule has 1 aromatic rings. The van der Waals surface area contributed by atoms with Crippen LogP contribution in [0.3, 0.4) is 0 Å². The summed E-state index contributed by atoms with van der Waals surface area (Å²) in [5, 5.41) is 43.4. The minimum Gasteiger partial charge on any atom is -0.507 e. The van der Waals surface area contributed by atoms with E-state index in [2.05, 4.69) is 18.0 Å². The van der Waals surface area contributed by atoms with Gasteiger partial charge in [-0.15, -0.1) is 0 Å².